The van der Waals surface area contributed by atoms with Crippen LogP contribution in [0.4, 0.5) is 0 Å². The number of likely N-dealkylation sites (tertiary alicyclic amines) is 1. The van der Waals surface area contributed by atoms with Gasteiger partial charge in [0, 0.05) is 36.8 Å². The van der Waals surface area contributed by atoms with Gasteiger partial charge in [0.1, 0.15) is 5.01 Å². The molecule has 1 aliphatic heterocycles. The summed E-state index contributed by atoms with van der Waals surface area (Å²) in [6.07, 6.45) is 10.9. The molecule has 0 bridgehead atoms. The van der Waals surface area contributed by atoms with Crippen molar-refractivity contribution >= 4 is 11.3 Å². The molecule has 3 atom stereocenters. The summed E-state index contributed by atoms with van der Waals surface area (Å²) >= 11 is 1.74. The molecule has 1 saturated carbocycles. The Kier molecular flexibility index (Phi) is 4.24. The second-order valence-corrected chi connectivity index (χ2v) is 8.16. The van der Waals surface area contributed by atoms with Crippen LogP contribution >= 0.6 is 11.3 Å². The molecule has 4 rings (SSSR count). The van der Waals surface area contributed by atoms with Crippen molar-refractivity contribution in [3.8, 4) is 10.6 Å². The van der Waals surface area contributed by atoms with Crippen LogP contribution in [0.25, 0.3) is 10.6 Å². The van der Waals surface area contributed by atoms with Gasteiger partial charge in [0.05, 0.1) is 11.9 Å². The van der Waals surface area contributed by atoms with Crippen molar-refractivity contribution < 1.29 is 0 Å². The van der Waals surface area contributed by atoms with Crippen molar-refractivity contribution in [3.63, 3.8) is 0 Å². The molecule has 2 aliphatic rings. The number of aromatic nitrogens is 3. The highest BCUT2D eigenvalue weighted by Crippen LogP contribution is 2.39. The van der Waals surface area contributed by atoms with Crippen molar-refractivity contribution in [3.05, 3.63) is 23.5 Å². The first-order valence-corrected chi connectivity index (χ1v) is 9.76. The molecule has 3 heterocycles. The summed E-state index contributed by atoms with van der Waals surface area (Å²) in [5, 5.41) is 7.58. The molecule has 5 heteroatoms. The number of piperidine rings is 1. The van der Waals surface area contributed by atoms with E-state index in [9.17, 15) is 0 Å². The van der Waals surface area contributed by atoms with E-state index in [2.05, 4.69) is 22.3 Å². The smallest absolute Gasteiger partial charge is 0.126 e. The van der Waals surface area contributed by atoms with E-state index in [1.54, 1.807) is 11.3 Å². The summed E-state index contributed by atoms with van der Waals surface area (Å²) in [4.78, 5) is 7.58. The first kappa shape index (κ1) is 15.3. The standard InChI is InChI=1S/C18H26N4S/c1-13-7-8-22(17-6-4-3-5-16(13)17)11-15-12-23-18(20-15)14-9-19-21(2)10-14/h9-10,12-13,16-17H,3-8,11H2,1-2H3/t13-,16+,17-/m1/s1. The lowest BCUT2D eigenvalue weighted by Crippen LogP contribution is -2.49. The van der Waals surface area contributed by atoms with Gasteiger partial charge in [-0.15, -0.1) is 11.3 Å². The van der Waals surface area contributed by atoms with Gasteiger partial charge in [-0.1, -0.05) is 19.8 Å². The Balaban J connectivity index is 1.48. The molecule has 0 radical (unpaired) electrons. The lowest BCUT2D eigenvalue weighted by atomic mass is 9.72. The normalized spacial score (nSPS) is 28.7. The highest BCUT2D eigenvalue weighted by Gasteiger charge is 2.37. The van der Waals surface area contributed by atoms with Crippen molar-refractivity contribution in [2.45, 2.75) is 51.6 Å². The fourth-order valence-electron chi connectivity index (χ4n) is 4.45. The predicted octanol–water partition coefficient (Wildman–Crippen LogP) is 3.94. The molecule has 1 aliphatic carbocycles. The van der Waals surface area contributed by atoms with E-state index in [4.69, 9.17) is 4.98 Å². The lowest BCUT2D eigenvalue weighted by Gasteiger charge is -2.47. The molecule has 0 aromatic carbocycles. The van der Waals surface area contributed by atoms with Crippen LogP contribution in [-0.2, 0) is 13.6 Å². The molecule has 2 aromatic heterocycles. The summed E-state index contributed by atoms with van der Waals surface area (Å²) in [6, 6.07) is 0.788. The maximum atomic E-state index is 4.87. The third-order valence-corrected chi connectivity index (χ3v) is 6.66. The number of nitrogens with zero attached hydrogens (tertiary/aromatic N) is 4. The lowest BCUT2D eigenvalue weighted by molar-refractivity contribution is 0.0198. The summed E-state index contributed by atoms with van der Waals surface area (Å²) in [5.74, 6) is 1.81. The number of thiazole rings is 1. The largest absolute Gasteiger partial charge is 0.294 e. The van der Waals surface area contributed by atoms with Gasteiger partial charge in [0.2, 0.25) is 0 Å². The number of fused-ring (bicyclic) bond motifs is 1. The summed E-state index contributed by atoms with van der Waals surface area (Å²) in [7, 11) is 1.95. The van der Waals surface area contributed by atoms with Gasteiger partial charge in [-0.2, -0.15) is 5.10 Å². The molecule has 1 saturated heterocycles. The number of rotatable bonds is 3. The average molecular weight is 331 g/mol. The average Bonchev–Trinajstić information content (AvgIpc) is 3.19. The molecular weight excluding hydrogens is 304 g/mol. The van der Waals surface area contributed by atoms with Gasteiger partial charge >= 0.3 is 0 Å². The second-order valence-electron chi connectivity index (χ2n) is 7.30. The van der Waals surface area contributed by atoms with E-state index in [0.717, 1.165) is 35.0 Å². The third kappa shape index (κ3) is 3.09. The van der Waals surface area contributed by atoms with Gasteiger partial charge in [0.25, 0.3) is 0 Å². The monoisotopic (exact) mass is 330 g/mol. The predicted molar refractivity (Wildman–Crippen MR) is 94.3 cm³/mol. The van der Waals surface area contributed by atoms with Gasteiger partial charge in [0.15, 0.2) is 0 Å². The van der Waals surface area contributed by atoms with Gasteiger partial charge in [-0.05, 0) is 37.6 Å². The molecule has 0 unspecified atom stereocenters. The second kappa shape index (κ2) is 6.36. The summed E-state index contributed by atoms with van der Waals surface area (Å²) in [5.41, 5.74) is 2.36. The number of hydrogen-bond acceptors (Lipinski definition) is 4. The minimum Gasteiger partial charge on any atom is -0.294 e. The Bertz CT molecular complexity index is 662. The van der Waals surface area contributed by atoms with Crippen LogP contribution in [-0.4, -0.2) is 32.3 Å². The van der Waals surface area contributed by atoms with Crippen LogP contribution in [0.2, 0.25) is 0 Å². The number of hydrogen-bond donors (Lipinski definition) is 0. The van der Waals surface area contributed by atoms with Gasteiger partial charge in [-0.3, -0.25) is 9.58 Å². The molecule has 4 nitrogen and oxygen atoms in total. The Morgan fingerprint density at radius 1 is 1.26 bits per heavy atom. The molecule has 0 spiro atoms. The number of aryl methyl sites for hydroxylation is 1. The fourth-order valence-corrected chi connectivity index (χ4v) is 5.24. The Morgan fingerprint density at radius 3 is 2.96 bits per heavy atom. The van der Waals surface area contributed by atoms with Gasteiger partial charge in [-0.25, -0.2) is 4.98 Å². The first-order valence-electron chi connectivity index (χ1n) is 8.88. The van der Waals surface area contributed by atoms with Crippen LogP contribution < -0.4 is 0 Å². The summed E-state index contributed by atoms with van der Waals surface area (Å²) < 4.78 is 1.84. The fraction of sp³-hybridized carbons (Fsp3) is 0.667. The van der Waals surface area contributed by atoms with Crippen LogP contribution in [0.15, 0.2) is 17.8 Å². The zero-order valence-electron chi connectivity index (χ0n) is 14.1. The van der Waals surface area contributed by atoms with Crippen molar-refractivity contribution in [2.75, 3.05) is 6.54 Å². The zero-order chi connectivity index (χ0) is 15.8. The molecule has 2 fully saturated rings. The van der Waals surface area contributed by atoms with E-state index in [1.807, 2.05) is 24.1 Å². The van der Waals surface area contributed by atoms with E-state index >= 15 is 0 Å². The molecule has 0 N–H and O–H groups in total. The Hall–Kier alpha value is -1.20. The van der Waals surface area contributed by atoms with Crippen LogP contribution in [0.3, 0.4) is 0 Å². The highest BCUT2D eigenvalue weighted by molar-refractivity contribution is 7.13. The van der Waals surface area contributed by atoms with E-state index < -0.39 is 0 Å². The minimum atomic E-state index is 0.788. The maximum absolute atomic E-state index is 4.87. The highest BCUT2D eigenvalue weighted by atomic mass is 32.1. The maximum Gasteiger partial charge on any atom is 0.126 e. The van der Waals surface area contributed by atoms with E-state index in [0.29, 0.717) is 0 Å². The van der Waals surface area contributed by atoms with E-state index in [1.165, 1.54) is 44.3 Å². The zero-order valence-corrected chi connectivity index (χ0v) is 14.9. The quantitative estimate of drug-likeness (QED) is 0.854. The van der Waals surface area contributed by atoms with Crippen LogP contribution in [0.5, 0.6) is 0 Å². The SMILES string of the molecule is C[C@@H]1CCN(Cc2csc(-c3cnn(C)c3)n2)[C@@H]2CCCC[C@@H]12. The third-order valence-electron chi connectivity index (χ3n) is 5.72. The minimum absolute atomic E-state index is 0.788. The topological polar surface area (TPSA) is 34.0 Å². The van der Waals surface area contributed by atoms with E-state index in [-0.39, 0.29) is 0 Å². The van der Waals surface area contributed by atoms with Crippen LogP contribution in [0, 0.1) is 11.8 Å². The molecule has 23 heavy (non-hydrogen) atoms. The Morgan fingerprint density at radius 2 is 2.13 bits per heavy atom. The van der Waals surface area contributed by atoms with Crippen molar-refractivity contribution in [2.24, 2.45) is 18.9 Å². The van der Waals surface area contributed by atoms with Gasteiger partial charge < -0.3 is 0 Å². The summed E-state index contributed by atoms with van der Waals surface area (Å²) in [6.45, 7) is 4.72. The molecular formula is C18H26N4S. The molecule has 124 valence electrons. The van der Waals surface area contributed by atoms with Crippen molar-refractivity contribution in [1.82, 2.24) is 19.7 Å². The van der Waals surface area contributed by atoms with Crippen molar-refractivity contribution in [1.29, 1.82) is 0 Å². The Labute approximate surface area is 142 Å². The molecule has 2 aromatic rings. The van der Waals surface area contributed by atoms with Crippen LogP contribution in [0.1, 0.15) is 44.7 Å². The molecule has 0 amide bonds. The first-order chi connectivity index (χ1) is 11.2.